The number of amides is 2. The first-order chi connectivity index (χ1) is 24.1. The molecule has 1 aromatic rings. The van der Waals surface area contributed by atoms with Gasteiger partial charge in [-0.15, -0.1) is 0 Å². The maximum absolute atomic E-state index is 13.4. The van der Waals surface area contributed by atoms with Crippen molar-refractivity contribution in [2.24, 2.45) is 5.73 Å². The third kappa shape index (κ3) is 12.5. The summed E-state index contributed by atoms with van der Waals surface area (Å²) in [6.45, 7) is 21.9. The molecular weight excluding hydrogens is 664 g/mol. The van der Waals surface area contributed by atoms with Gasteiger partial charge in [-0.25, -0.2) is 0 Å². The minimum absolute atomic E-state index is 0.0531. The Kier molecular flexibility index (Phi) is 19.3. The zero-order valence-corrected chi connectivity index (χ0v) is 33.9. The molecule has 7 N–H and O–H groups in total. The van der Waals surface area contributed by atoms with Gasteiger partial charge in [0.05, 0.1) is 36.4 Å². The summed E-state index contributed by atoms with van der Waals surface area (Å²) in [7, 11) is 3.58. The highest BCUT2D eigenvalue weighted by molar-refractivity contribution is 6.31. The zero-order valence-electron chi connectivity index (χ0n) is 33.2. The van der Waals surface area contributed by atoms with Gasteiger partial charge in [-0.3, -0.25) is 25.2 Å². The Bertz CT molecular complexity index is 1450. The van der Waals surface area contributed by atoms with Gasteiger partial charge in [0, 0.05) is 36.2 Å². The van der Waals surface area contributed by atoms with E-state index in [1.54, 1.807) is 31.3 Å². The number of fused-ring (bicyclic) bond motifs is 1. The van der Waals surface area contributed by atoms with Crippen LogP contribution in [0, 0.1) is 0 Å². The molecule has 0 bridgehead atoms. The molecule has 0 aromatic heterocycles. The predicted molar refractivity (Wildman–Crippen MR) is 212 cm³/mol. The third-order valence-corrected chi connectivity index (χ3v) is 9.67. The van der Waals surface area contributed by atoms with Crippen LogP contribution in [0.3, 0.4) is 0 Å². The maximum atomic E-state index is 13.4. The van der Waals surface area contributed by atoms with Crippen LogP contribution >= 0.6 is 11.6 Å². The molecule has 2 amide bonds. The Morgan fingerprint density at radius 2 is 1.86 bits per heavy atom. The SMILES string of the molecule is CC.CCC(N)=[NH+]C(CNC=C(C)C)C1(C)C(O)[C@H](NC(=O)c2cccc3c2OCCC3(C)C)CN1C.C\C=C(Cl)/C=C\C(=C\CC)C(=O)NC. The van der Waals surface area contributed by atoms with Gasteiger partial charge in [-0.2, -0.15) is 0 Å². The molecule has 1 aromatic carbocycles. The third-order valence-electron chi connectivity index (χ3n) is 9.32. The van der Waals surface area contributed by atoms with E-state index >= 15 is 0 Å². The van der Waals surface area contributed by atoms with E-state index in [-0.39, 0.29) is 23.3 Å². The van der Waals surface area contributed by atoms with Crippen LogP contribution < -0.4 is 31.4 Å². The molecule has 0 aliphatic carbocycles. The number of likely N-dealkylation sites (N-methyl/N-ethyl adjacent to an activating group) is 2. The van der Waals surface area contributed by atoms with Gasteiger partial charge in [-0.05, 0) is 77.4 Å². The summed E-state index contributed by atoms with van der Waals surface area (Å²) in [5.74, 6) is 0.997. The van der Waals surface area contributed by atoms with Crippen molar-refractivity contribution < 1.29 is 24.4 Å². The Hall–Kier alpha value is -3.60. The van der Waals surface area contributed by atoms with Crippen LogP contribution in [0.2, 0.25) is 0 Å². The molecule has 4 atom stereocenters. The number of carbonyl (C=O) groups excluding carboxylic acids is 2. The van der Waals surface area contributed by atoms with Crippen LogP contribution in [0.25, 0.3) is 0 Å². The summed E-state index contributed by atoms with van der Waals surface area (Å²) >= 11 is 5.77. The normalized spacial score (nSPS) is 22.3. The van der Waals surface area contributed by atoms with Gasteiger partial charge in [0.1, 0.15) is 11.8 Å². The van der Waals surface area contributed by atoms with Crippen LogP contribution in [-0.2, 0) is 10.2 Å². The molecule has 2 aliphatic rings. The van der Waals surface area contributed by atoms with E-state index in [1.165, 1.54) is 0 Å². The second kappa shape index (κ2) is 21.7. The molecule has 286 valence electrons. The van der Waals surface area contributed by atoms with Gasteiger partial charge in [0.15, 0.2) is 0 Å². The Morgan fingerprint density at radius 1 is 1.20 bits per heavy atom. The average Bonchev–Trinajstić information content (AvgIpc) is 3.32. The molecule has 2 heterocycles. The molecule has 51 heavy (non-hydrogen) atoms. The molecule has 1 saturated heterocycles. The number of aliphatic hydroxyl groups is 1. The number of carbonyl (C=O) groups is 2. The molecule has 3 unspecified atom stereocenters. The van der Waals surface area contributed by atoms with Crippen molar-refractivity contribution in [3.8, 4) is 5.75 Å². The Morgan fingerprint density at radius 3 is 2.43 bits per heavy atom. The van der Waals surface area contributed by atoms with E-state index in [2.05, 4.69) is 39.7 Å². The number of ether oxygens (including phenoxy) is 1. The quantitative estimate of drug-likeness (QED) is 0.0809. The number of nitrogens with zero attached hydrogens (tertiary/aromatic N) is 1. The number of para-hydroxylation sites is 1. The lowest BCUT2D eigenvalue weighted by Crippen LogP contribution is -2.90. The van der Waals surface area contributed by atoms with Crippen molar-refractivity contribution in [3.05, 3.63) is 76.0 Å². The number of allylic oxidation sites excluding steroid dienone is 5. The van der Waals surface area contributed by atoms with Crippen molar-refractivity contribution in [2.75, 3.05) is 33.8 Å². The second-order valence-electron chi connectivity index (χ2n) is 13.7. The van der Waals surface area contributed by atoms with Crippen molar-refractivity contribution in [3.63, 3.8) is 0 Å². The molecular formula is C40H66ClN6O4+. The summed E-state index contributed by atoms with van der Waals surface area (Å²) in [6, 6.07) is 5.10. The zero-order chi connectivity index (χ0) is 38.9. The maximum Gasteiger partial charge on any atom is 0.255 e. The summed E-state index contributed by atoms with van der Waals surface area (Å²) in [4.78, 5) is 30.2. The first kappa shape index (κ1) is 45.4. The minimum Gasteiger partial charge on any atom is -0.492 e. The minimum atomic E-state index is -0.816. The first-order valence-electron chi connectivity index (χ1n) is 18.2. The second-order valence-corrected chi connectivity index (χ2v) is 14.1. The standard InChI is InChI=1S/C27H43N5O3.C11H16ClNO.C2H6/c1-8-22(28)31-21(15-29-14-17(2)3)27(6)24(33)20(16-32(27)7)30-25(34)18-10-9-11-19-23(18)35-13-12-26(19,4)5;1-4-6-9(11(14)13-3)7-8-10(12)5-2;1-2/h9-11,14,20-21,24,29,33H,8,12-13,15-16H2,1-7H3,(H2,28,31)(H,30,34);5-8H,4H2,1-3H3,(H,13,14);1-2H3/p+1/b;8-7-,9-6-,10-5+;/t20-,21?,24?,27?;;/m1../s1. The highest BCUT2D eigenvalue weighted by Gasteiger charge is 2.54. The lowest BCUT2D eigenvalue weighted by atomic mass is 9.79. The summed E-state index contributed by atoms with van der Waals surface area (Å²) in [5.41, 5.74) is 8.81. The monoisotopic (exact) mass is 729 g/mol. The first-order valence-corrected chi connectivity index (χ1v) is 18.6. The molecule has 2 aliphatic heterocycles. The molecule has 10 nitrogen and oxygen atoms in total. The number of nitrogens with one attached hydrogen (secondary N) is 4. The van der Waals surface area contributed by atoms with E-state index in [9.17, 15) is 14.7 Å². The predicted octanol–water partition coefficient (Wildman–Crippen LogP) is 4.43. The van der Waals surface area contributed by atoms with Crippen molar-refractivity contribution >= 4 is 29.3 Å². The summed E-state index contributed by atoms with van der Waals surface area (Å²) < 4.78 is 5.95. The highest BCUT2D eigenvalue weighted by atomic mass is 35.5. The van der Waals surface area contributed by atoms with Crippen LogP contribution in [0.4, 0.5) is 0 Å². The molecule has 0 spiro atoms. The number of likely N-dealkylation sites (tertiary alicyclic amines) is 1. The van der Waals surface area contributed by atoms with E-state index in [0.29, 0.717) is 53.9 Å². The molecule has 11 heteroatoms. The van der Waals surface area contributed by atoms with Gasteiger partial charge in [-0.1, -0.05) is 83.0 Å². The topological polar surface area (TPSA) is 143 Å². The van der Waals surface area contributed by atoms with E-state index < -0.39 is 17.7 Å². The number of nitrogens with two attached hydrogens (primary N) is 1. The molecule has 0 saturated carbocycles. The van der Waals surface area contributed by atoms with E-state index in [0.717, 1.165) is 24.0 Å². The number of benzene rings is 1. The van der Waals surface area contributed by atoms with E-state index in [1.807, 2.05) is 86.8 Å². The number of halogens is 1. The van der Waals surface area contributed by atoms with Crippen molar-refractivity contribution in [2.45, 2.75) is 118 Å². The number of hydrogen-bond acceptors (Lipinski definition) is 6. The number of rotatable bonds is 12. The number of hydrogen-bond donors (Lipinski definition) is 6. The van der Waals surface area contributed by atoms with Crippen molar-refractivity contribution in [1.82, 2.24) is 20.9 Å². The smallest absolute Gasteiger partial charge is 0.255 e. The van der Waals surface area contributed by atoms with Gasteiger partial charge < -0.3 is 25.8 Å². The number of aliphatic hydroxyl groups excluding tert-OH is 1. The van der Waals surface area contributed by atoms with Gasteiger partial charge in [0.25, 0.3) is 11.8 Å². The highest BCUT2D eigenvalue weighted by Crippen LogP contribution is 2.40. The van der Waals surface area contributed by atoms with Crippen LogP contribution in [-0.4, -0.2) is 85.2 Å². The molecule has 3 rings (SSSR count). The molecule has 0 radical (unpaired) electrons. The van der Waals surface area contributed by atoms with Gasteiger partial charge in [0.2, 0.25) is 5.84 Å². The fourth-order valence-electron chi connectivity index (χ4n) is 5.99. The largest absolute Gasteiger partial charge is 0.492 e. The van der Waals surface area contributed by atoms with Crippen LogP contribution in [0.15, 0.2) is 64.9 Å². The fourth-order valence-corrected chi connectivity index (χ4v) is 6.05. The summed E-state index contributed by atoms with van der Waals surface area (Å²) in [5, 5.41) is 21.2. The number of amidine groups is 1. The van der Waals surface area contributed by atoms with Crippen LogP contribution in [0.1, 0.15) is 104 Å². The lowest BCUT2D eigenvalue weighted by Gasteiger charge is -2.39. The van der Waals surface area contributed by atoms with Gasteiger partial charge >= 0.3 is 0 Å². The van der Waals surface area contributed by atoms with Crippen LogP contribution in [0.5, 0.6) is 5.75 Å². The van der Waals surface area contributed by atoms with Crippen molar-refractivity contribution in [1.29, 1.82) is 0 Å². The van der Waals surface area contributed by atoms with E-state index in [4.69, 9.17) is 22.1 Å². The lowest BCUT2D eigenvalue weighted by molar-refractivity contribution is -0.522. The summed E-state index contributed by atoms with van der Waals surface area (Å²) in [6.07, 6.45) is 10.6. The Labute approximate surface area is 312 Å². The fraction of sp³-hybridized carbons (Fsp3) is 0.575. The Balaban J connectivity index is 0.000000684. The molecule has 1 fully saturated rings. The average molecular weight is 730 g/mol.